The van der Waals surface area contributed by atoms with Crippen LogP contribution in [0.2, 0.25) is 0 Å². The van der Waals surface area contributed by atoms with E-state index in [1.54, 1.807) is 39.5 Å². The summed E-state index contributed by atoms with van der Waals surface area (Å²) in [5.74, 6) is 1.77. The molecule has 1 aliphatic rings. The Balaban J connectivity index is 1.84. The number of piperidine rings is 1. The largest absolute Gasteiger partial charge is 0.493 e. The Hall–Kier alpha value is -2.90. The van der Waals surface area contributed by atoms with Crippen molar-refractivity contribution in [3.8, 4) is 17.2 Å². The van der Waals surface area contributed by atoms with Gasteiger partial charge < -0.3 is 29.7 Å². The van der Waals surface area contributed by atoms with E-state index in [0.29, 0.717) is 42.8 Å². The minimum absolute atomic E-state index is 0.0248. The summed E-state index contributed by atoms with van der Waals surface area (Å²) in [5.41, 5.74) is 0.523. The van der Waals surface area contributed by atoms with Crippen molar-refractivity contribution >= 4 is 18.0 Å². The predicted octanol–water partition coefficient (Wildman–Crippen LogP) is 3.06. The number of hydrogen-bond donors (Lipinski definition) is 2. The number of urea groups is 1. The molecule has 3 amide bonds. The van der Waals surface area contributed by atoms with Gasteiger partial charge in [-0.2, -0.15) is 0 Å². The lowest BCUT2D eigenvalue weighted by Crippen LogP contribution is -2.51. The van der Waals surface area contributed by atoms with E-state index in [2.05, 4.69) is 10.6 Å². The number of methoxy groups -OCH3 is 3. The highest BCUT2D eigenvalue weighted by atomic mass is 16.5. The van der Waals surface area contributed by atoms with Crippen LogP contribution in [0.5, 0.6) is 17.2 Å². The fourth-order valence-electron chi connectivity index (χ4n) is 3.41. The van der Waals surface area contributed by atoms with Gasteiger partial charge in [-0.25, -0.2) is 4.79 Å². The topological polar surface area (TPSA) is 89.1 Å². The van der Waals surface area contributed by atoms with Crippen molar-refractivity contribution in [1.82, 2.24) is 15.5 Å². The van der Waals surface area contributed by atoms with Gasteiger partial charge in [-0.1, -0.05) is 0 Å². The van der Waals surface area contributed by atoms with Crippen LogP contribution >= 0.6 is 0 Å². The molecule has 1 saturated heterocycles. The number of likely N-dealkylation sites (tertiary alicyclic amines) is 1. The highest BCUT2D eigenvalue weighted by Crippen LogP contribution is 2.38. The Morgan fingerprint density at radius 2 is 1.65 bits per heavy atom. The molecule has 1 aliphatic heterocycles. The summed E-state index contributed by atoms with van der Waals surface area (Å²) >= 11 is 0. The van der Waals surface area contributed by atoms with Crippen LogP contribution in [0.25, 0.3) is 6.08 Å². The van der Waals surface area contributed by atoms with Gasteiger partial charge in [-0.15, -0.1) is 0 Å². The first-order valence-electron chi connectivity index (χ1n) is 10.5. The Kier molecular flexibility index (Phi) is 8.59. The first kappa shape index (κ1) is 24.4. The maximum absolute atomic E-state index is 12.3. The van der Waals surface area contributed by atoms with Crippen LogP contribution in [0.1, 0.15) is 39.2 Å². The van der Waals surface area contributed by atoms with Crippen LogP contribution in [0.3, 0.4) is 0 Å². The van der Waals surface area contributed by atoms with Gasteiger partial charge >= 0.3 is 6.03 Å². The molecule has 0 spiro atoms. The third-order valence-corrected chi connectivity index (χ3v) is 5.06. The van der Waals surface area contributed by atoms with E-state index in [1.807, 2.05) is 25.7 Å². The Bertz CT molecular complexity index is 768. The molecule has 0 aliphatic carbocycles. The second-order valence-corrected chi connectivity index (χ2v) is 8.65. The Morgan fingerprint density at radius 1 is 1.06 bits per heavy atom. The summed E-state index contributed by atoms with van der Waals surface area (Å²) in [6, 6.07) is 3.54. The average Bonchev–Trinajstić information content (AvgIpc) is 2.74. The smallest absolute Gasteiger partial charge is 0.317 e. The molecule has 1 aromatic rings. The van der Waals surface area contributed by atoms with Crippen molar-refractivity contribution in [2.75, 3.05) is 41.0 Å². The van der Waals surface area contributed by atoms with Gasteiger partial charge in [0.1, 0.15) is 0 Å². The lowest BCUT2D eigenvalue weighted by Gasteiger charge is -2.34. The highest BCUT2D eigenvalue weighted by molar-refractivity contribution is 5.91. The molecule has 172 valence electrons. The second kappa shape index (κ2) is 10.9. The average molecular weight is 434 g/mol. The van der Waals surface area contributed by atoms with Gasteiger partial charge in [0.2, 0.25) is 11.7 Å². The molecule has 8 nitrogen and oxygen atoms in total. The first-order chi connectivity index (χ1) is 14.7. The quantitative estimate of drug-likeness (QED) is 0.645. The molecule has 0 saturated carbocycles. The van der Waals surface area contributed by atoms with Gasteiger partial charge in [-0.05, 0) is 63.3 Å². The van der Waals surface area contributed by atoms with E-state index < -0.39 is 0 Å². The summed E-state index contributed by atoms with van der Waals surface area (Å²) < 4.78 is 16.0. The van der Waals surface area contributed by atoms with Crippen molar-refractivity contribution in [3.05, 3.63) is 23.8 Å². The maximum atomic E-state index is 12.3. The number of hydrogen-bond acceptors (Lipinski definition) is 5. The van der Waals surface area contributed by atoms with Crippen molar-refractivity contribution < 1.29 is 23.8 Å². The lowest BCUT2D eigenvalue weighted by atomic mass is 9.97. The molecule has 1 fully saturated rings. The van der Waals surface area contributed by atoms with Gasteiger partial charge in [0.15, 0.2) is 11.5 Å². The molecule has 2 N–H and O–H groups in total. The fraction of sp³-hybridized carbons (Fsp3) is 0.565. The lowest BCUT2D eigenvalue weighted by molar-refractivity contribution is -0.116. The molecular formula is C23H35N3O5. The summed E-state index contributed by atoms with van der Waals surface area (Å²) in [6.45, 7) is 7.90. The first-order valence-corrected chi connectivity index (χ1v) is 10.5. The number of amides is 3. The molecule has 0 atom stereocenters. The van der Waals surface area contributed by atoms with Crippen LogP contribution in [0, 0.1) is 5.92 Å². The fourth-order valence-corrected chi connectivity index (χ4v) is 3.41. The number of nitrogens with one attached hydrogen (secondary N) is 2. The second-order valence-electron chi connectivity index (χ2n) is 8.65. The van der Waals surface area contributed by atoms with Crippen molar-refractivity contribution in [1.29, 1.82) is 0 Å². The van der Waals surface area contributed by atoms with E-state index >= 15 is 0 Å². The minimum atomic E-state index is -0.244. The zero-order valence-corrected chi connectivity index (χ0v) is 19.4. The summed E-state index contributed by atoms with van der Waals surface area (Å²) in [5, 5.41) is 5.94. The van der Waals surface area contributed by atoms with Crippen molar-refractivity contribution in [3.63, 3.8) is 0 Å². The molecule has 0 bridgehead atoms. The van der Waals surface area contributed by atoms with Crippen LogP contribution in [0.4, 0.5) is 4.79 Å². The number of ether oxygens (including phenoxy) is 3. The third kappa shape index (κ3) is 7.38. The van der Waals surface area contributed by atoms with Gasteiger partial charge in [0, 0.05) is 31.2 Å². The summed E-state index contributed by atoms with van der Waals surface area (Å²) in [6.07, 6.45) is 4.94. The molecule has 1 heterocycles. The number of nitrogens with zero attached hydrogens (tertiary/aromatic N) is 1. The van der Waals surface area contributed by atoms with E-state index in [0.717, 1.165) is 18.4 Å². The van der Waals surface area contributed by atoms with Crippen molar-refractivity contribution in [2.24, 2.45) is 5.92 Å². The molecule has 1 aromatic carbocycles. The molecule has 2 rings (SSSR count). The van der Waals surface area contributed by atoms with E-state index in [9.17, 15) is 9.59 Å². The predicted molar refractivity (Wildman–Crippen MR) is 121 cm³/mol. The van der Waals surface area contributed by atoms with E-state index in [-0.39, 0.29) is 17.5 Å². The van der Waals surface area contributed by atoms with E-state index in [1.165, 1.54) is 6.08 Å². The SMILES string of the molecule is COc1cc(/C=C/C(=O)NCC2CCN(C(=O)NC(C)(C)C)CC2)cc(OC)c1OC. The zero-order chi connectivity index (χ0) is 23.0. The van der Waals surface area contributed by atoms with Crippen LogP contribution in [0.15, 0.2) is 18.2 Å². The molecular weight excluding hydrogens is 398 g/mol. The number of benzene rings is 1. The summed E-state index contributed by atoms with van der Waals surface area (Å²) in [7, 11) is 4.65. The third-order valence-electron chi connectivity index (χ3n) is 5.06. The molecule has 0 radical (unpaired) electrons. The zero-order valence-electron chi connectivity index (χ0n) is 19.4. The Morgan fingerprint density at radius 3 is 2.13 bits per heavy atom. The van der Waals surface area contributed by atoms with Gasteiger partial charge in [-0.3, -0.25) is 4.79 Å². The summed E-state index contributed by atoms with van der Waals surface area (Å²) in [4.78, 5) is 26.4. The van der Waals surface area contributed by atoms with E-state index in [4.69, 9.17) is 14.2 Å². The van der Waals surface area contributed by atoms with Crippen LogP contribution < -0.4 is 24.8 Å². The van der Waals surface area contributed by atoms with Crippen molar-refractivity contribution in [2.45, 2.75) is 39.2 Å². The van der Waals surface area contributed by atoms with Gasteiger partial charge in [0.05, 0.1) is 21.3 Å². The minimum Gasteiger partial charge on any atom is -0.493 e. The number of carbonyl (C=O) groups is 2. The monoisotopic (exact) mass is 433 g/mol. The molecule has 8 heteroatoms. The van der Waals surface area contributed by atoms with Gasteiger partial charge in [0.25, 0.3) is 0 Å². The molecule has 31 heavy (non-hydrogen) atoms. The van der Waals surface area contributed by atoms with Crippen LogP contribution in [-0.2, 0) is 4.79 Å². The molecule has 0 aromatic heterocycles. The standard InChI is InChI=1S/C23H35N3O5/c1-23(2,3)25-22(28)26-11-9-16(10-12-26)15-24-20(27)8-7-17-13-18(29-4)21(31-6)19(14-17)30-5/h7-8,13-14,16H,9-12,15H2,1-6H3,(H,24,27)(H,25,28)/b8-7+. The maximum Gasteiger partial charge on any atom is 0.317 e. The highest BCUT2D eigenvalue weighted by Gasteiger charge is 2.25. The molecule has 0 unspecified atom stereocenters. The number of rotatable bonds is 7. The Labute approximate surface area is 184 Å². The number of carbonyl (C=O) groups excluding carboxylic acids is 2. The normalized spacial score (nSPS) is 15.0. The van der Waals surface area contributed by atoms with Crippen LogP contribution in [-0.4, -0.2) is 63.3 Å².